The van der Waals surface area contributed by atoms with E-state index in [1.54, 1.807) is 0 Å². The van der Waals surface area contributed by atoms with Crippen LogP contribution in [0.25, 0.3) is 0 Å². The molecule has 0 rings (SSSR count). The molecule has 0 fully saturated rings. The SMILES string of the molecule is CCB(CC)CC.NCCN.NCCN.NCCN. The lowest BCUT2D eigenvalue weighted by atomic mass is 9.44. The van der Waals surface area contributed by atoms with Gasteiger partial charge < -0.3 is 34.4 Å². The van der Waals surface area contributed by atoms with Gasteiger partial charge in [-0.2, -0.15) is 0 Å². The van der Waals surface area contributed by atoms with E-state index in [1.165, 1.54) is 19.0 Å². The molecule has 0 saturated heterocycles. The molecule has 0 aliphatic carbocycles. The van der Waals surface area contributed by atoms with Gasteiger partial charge in [-0.15, -0.1) is 0 Å². The summed E-state index contributed by atoms with van der Waals surface area (Å²) in [5.74, 6) is 0. The van der Waals surface area contributed by atoms with Crippen LogP contribution in [0, 0.1) is 0 Å². The summed E-state index contributed by atoms with van der Waals surface area (Å²) in [6.45, 7) is 11.4. The van der Waals surface area contributed by atoms with E-state index >= 15 is 0 Å². The Balaban J connectivity index is -0.0000000825. The Bertz CT molecular complexity index is 83.2. The smallest absolute Gasteiger partial charge is 0.139 e. The number of nitrogens with two attached hydrogens (primary N) is 6. The molecule has 0 saturated carbocycles. The molecular weight excluding hydrogens is 239 g/mol. The molecule has 19 heavy (non-hydrogen) atoms. The largest absolute Gasteiger partial charge is 0.329 e. The van der Waals surface area contributed by atoms with Crippen LogP contribution in [0.3, 0.4) is 0 Å². The van der Waals surface area contributed by atoms with Gasteiger partial charge in [0.05, 0.1) is 0 Å². The van der Waals surface area contributed by atoms with Crippen molar-refractivity contribution in [3.8, 4) is 0 Å². The molecule has 0 bridgehead atoms. The van der Waals surface area contributed by atoms with Gasteiger partial charge in [0, 0.05) is 39.3 Å². The fraction of sp³-hybridized carbons (Fsp3) is 1.00. The van der Waals surface area contributed by atoms with Crippen molar-refractivity contribution in [2.24, 2.45) is 34.4 Å². The van der Waals surface area contributed by atoms with Crippen molar-refractivity contribution in [1.82, 2.24) is 0 Å². The van der Waals surface area contributed by atoms with Crippen LogP contribution in [-0.2, 0) is 0 Å². The maximum atomic E-state index is 4.90. The Morgan fingerprint density at radius 2 is 0.632 bits per heavy atom. The van der Waals surface area contributed by atoms with Gasteiger partial charge >= 0.3 is 0 Å². The van der Waals surface area contributed by atoms with Gasteiger partial charge in [0.1, 0.15) is 6.71 Å². The summed E-state index contributed by atoms with van der Waals surface area (Å²) in [6, 6.07) is 0. The highest BCUT2D eigenvalue weighted by Gasteiger charge is 2.01. The number of hydrogen-bond donors (Lipinski definition) is 6. The zero-order chi connectivity index (χ0) is 15.9. The Kier molecular flexibility index (Phi) is 51.7. The molecule has 0 unspecified atom stereocenters. The third-order valence-corrected chi connectivity index (χ3v) is 2.23. The first kappa shape index (κ1) is 27.2. The van der Waals surface area contributed by atoms with Gasteiger partial charge in [-0.25, -0.2) is 0 Å². The highest BCUT2D eigenvalue weighted by Crippen LogP contribution is 2.01. The van der Waals surface area contributed by atoms with Gasteiger partial charge in [-0.1, -0.05) is 39.7 Å². The lowest BCUT2D eigenvalue weighted by molar-refractivity contribution is 0.976. The van der Waals surface area contributed by atoms with E-state index in [1.807, 2.05) is 0 Å². The number of rotatable bonds is 6. The van der Waals surface area contributed by atoms with Crippen LogP contribution in [0.15, 0.2) is 0 Å². The molecule has 0 aliphatic heterocycles. The quantitative estimate of drug-likeness (QED) is 0.351. The summed E-state index contributed by atoms with van der Waals surface area (Å²) in [5, 5.41) is 0. The molecule has 12 N–H and O–H groups in total. The van der Waals surface area contributed by atoms with E-state index < -0.39 is 0 Å². The average molecular weight is 278 g/mol. The van der Waals surface area contributed by atoms with Crippen LogP contribution in [0.4, 0.5) is 0 Å². The monoisotopic (exact) mass is 278 g/mol. The van der Waals surface area contributed by atoms with Crippen LogP contribution in [0.1, 0.15) is 20.8 Å². The van der Waals surface area contributed by atoms with E-state index in [2.05, 4.69) is 20.8 Å². The van der Waals surface area contributed by atoms with E-state index in [4.69, 9.17) is 34.4 Å². The molecule has 0 heterocycles. The van der Waals surface area contributed by atoms with Gasteiger partial charge in [-0.3, -0.25) is 0 Å². The summed E-state index contributed by atoms with van der Waals surface area (Å²) in [7, 11) is 0. The third kappa shape index (κ3) is 57.3. The molecular formula is C12H39BN6. The lowest BCUT2D eigenvalue weighted by Crippen LogP contribution is -2.11. The van der Waals surface area contributed by atoms with Crippen LogP contribution < -0.4 is 34.4 Å². The van der Waals surface area contributed by atoms with Crippen LogP contribution >= 0.6 is 0 Å². The standard InChI is InChI=1S/C6H15B.3C2H8N2/c1-4-7(5-2)6-3;3*3-1-2-4/h4-6H2,1-3H3;3*1-4H2. The molecule has 7 heteroatoms. The summed E-state index contributed by atoms with van der Waals surface area (Å²) in [6.07, 6.45) is 4.06. The van der Waals surface area contributed by atoms with Crippen LogP contribution in [0.5, 0.6) is 0 Å². The summed E-state index contributed by atoms with van der Waals surface area (Å²) in [4.78, 5) is 0. The van der Waals surface area contributed by atoms with Crippen molar-refractivity contribution in [1.29, 1.82) is 0 Å². The molecule has 6 nitrogen and oxygen atoms in total. The van der Waals surface area contributed by atoms with Gasteiger partial charge in [0.2, 0.25) is 0 Å². The predicted molar refractivity (Wildman–Crippen MR) is 91.5 cm³/mol. The first-order valence-electron chi connectivity index (χ1n) is 7.30. The first-order valence-corrected chi connectivity index (χ1v) is 7.30. The summed E-state index contributed by atoms with van der Waals surface area (Å²) in [5.41, 5.74) is 29.4. The van der Waals surface area contributed by atoms with Crippen LogP contribution in [0.2, 0.25) is 19.0 Å². The van der Waals surface area contributed by atoms with Gasteiger partial charge in [0.15, 0.2) is 0 Å². The molecule has 0 amide bonds. The normalized spacial score (nSPS) is 8.05. The van der Waals surface area contributed by atoms with Crippen molar-refractivity contribution < 1.29 is 0 Å². The van der Waals surface area contributed by atoms with Crippen LogP contribution in [-0.4, -0.2) is 46.0 Å². The highest BCUT2D eigenvalue weighted by molar-refractivity contribution is 6.58. The second-order valence-electron chi connectivity index (χ2n) is 3.82. The number of hydrogen-bond acceptors (Lipinski definition) is 6. The van der Waals surface area contributed by atoms with Crippen molar-refractivity contribution >= 4 is 6.71 Å². The second-order valence-corrected chi connectivity index (χ2v) is 3.82. The van der Waals surface area contributed by atoms with Crippen molar-refractivity contribution in [3.63, 3.8) is 0 Å². The van der Waals surface area contributed by atoms with Crippen molar-refractivity contribution in [3.05, 3.63) is 0 Å². The minimum Gasteiger partial charge on any atom is -0.329 e. The minimum absolute atomic E-state index is 0.597. The molecule has 0 atom stereocenters. The van der Waals surface area contributed by atoms with Crippen molar-refractivity contribution in [2.45, 2.75) is 39.7 Å². The molecule has 0 aromatic carbocycles. The Labute approximate surface area is 121 Å². The van der Waals surface area contributed by atoms with Gasteiger partial charge in [-0.05, 0) is 0 Å². The molecule has 0 spiro atoms. The molecule has 0 aromatic heterocycles. The maximum absolute atomic E-state index is 4.90. The Morgan fingerprint density at radius 1 is 0.474 bits per heavy atom. The summed E-state index contributed by atoms with van der Waals surface area (Å²) < 4.78 is 0. The molecule has 0 radical (unpaired) electrons. The fourth-order valence-electron chi connectivity index (χ4n) is 0.866. The Morgan fingerprint density at radius 3 is 0.632 bits per heavy atom. The van der Waals surface area contributed by atoms with E-state index in [-0.39, 0.29) is 0 Å². The predicted octanol–water partition coefficient (Wildman–Crippen LogP) is -0.748. The van der Waals surface area contributed by atoms with E-state index in [0.29, 0.717) is 39.3 Å². The average Bonchev–Trinajstić information content (AvgIpc) is 2.49. The first-order chi connectivity index (χ1) is 9.09. The zero-order valence-electron chi connectivity index (χ0n) is 13.4. The zero-order valence-corrected chi connectivity index (χ0v) is 13.4. The van der Waals surface area contributed by atoms with E-state index in [0.717, 1.165) is 6.71 Å². The highest BCUT2D eigenvalue weighted by atomic mass is 14.6. The lowest BCUT2D eigenvalue weighted by Gasteiger charge is -2.00. The fourth-order valence-corrected chi connectivity index (χ4v) is 0.866. The van der Waals surface area contributed by atoms with Gasteiger partial charge in [0.25, 0.3) is 0 Å². The van der Waals surface area contributed by atoms with E-state index in [9.17, 15) is 0 Å². The molecule has 0 aliphatic rings. The summed E-state index contributed by atoms with van der Waals surface area (Å²) >= 11 is 0. The second kappa shape index (κ2) is 36.1. The minimum atomic E-state index is 0.597. The Hall–Kier alpha value is -0.175. The molecule has 0 aromatic rings. The van der Waals surface area contributed by atoms with Crippen molar-refractivity contribution in [2.75, 3.05) is 39.3 Å². The third-order valence-electron chi connectivity index (χ3n) is 2.23. The molecule has 120 valence electrons. The topological polar surface area (TPSA) is 156 Å². The maximum Gasteiger partial charge on any atom is 0.139 e.